The van der Waals surface area contributed by atoms with E-state index in [9.17, 15) is 0 Å². The maximum absolute atomic E-state index is 6.03. The zero-order valence-corrected chi connectivity index (χ0v) is 8.74. The highest BCUT2D eigenvalue weighted by molar-refractivity contribution is 7.09. The van der Waals surface area contributed by atoms with Crippen molar-refractivity contribution in [2.24, 2.45) is 12.8 Å². The van der Waals surface area contributed by atoms with Gasteiger partial charge in [0.1, 0.15) is 5.82 Å². The zero-order chi connectivity index (χ0) is 9.97. The van der Waals surface area contributed by atoms with Gasteiger partial charge in [-0.1, -0.05) is 0 Å². The highest BCUT2D eigenvalue weighted by atomic mass is 32.1. The lowest BCUT2D eigenvalue weighted by molar-refractivity contribution is 0.636. The fraction of sp³-hybridized carbons (Fsp3) is 0.333. The average Bonchev–Trinajstić information content (AvgIpc) is 2.75. The average molecular weight is 208 g/mol. The third-order valence-electron chi connectivity index (χ3n) is 2.09. The molecule has 0 bridgehead atoms. The monoisotopic (exact) mass is 208 g/mol. The summed E-state index contributed by atoms with van der Waals surface area (Å²) in [6, 6.07) is -0.0459. The molecule has 0 spiro atoms. The summed E-state index contributed by atoms with van der Waals surface area (Å²) in [7, 11) is 1.95. The van der Waals surface area contributed by atoms with Crippen LogP contribution in [-0.2, 0) is 13.5 Å². The molecule has 1 unspecified atom stereocenters. The highest BCUT2D eigenvalue weighted by Crippen LogP contribution is 2.16. The van der Waals surface area contributed by atoms with Crippen LogP contribution in [0.15, 0.2) is 24.1 Å². The van der Waals surface area contributed by atoms with Crippen molar-refractivity contribution in [2.45, 2.75) is 12.5 Å². The number of nitrogens with two attached hydrogens (primary N) is 1. The summed E-state index contributed by atoms with van der Waals surface area (Å²) in [6.07, 6.45) is 6.33. The van der Waals surface area contributed by atoms with Crippen LogP contribution in [0, 0.1) is 0 Å². The van der Waals surface area contributed by atoms with Gasteiger partial charge in [0.2, 0.25) is 0 Å². The van der Waals surface area contributed by atoms with E-state index in [1.165, 1.54) is 4.88 Å². The van der Waals surface area contributed by atoms with Gasteiger partial charge in [-0.05, 0) is 0 Å². The molecule has 2 aromatic heterocycles. The summed E-state index contributed by atoms with van der Waals surface area (Å²) in [6.45, 7) is 0. The van der Waals surface area contributed by atoms with Crippen molar-refractivity contribution in [2.75, 3.05) is 0 Å². The molecule has 5 heteroatoms. The van der Waals surface area contributed by atoms with Crippen molar-refractivity contribution >= 4 is 11.3 Å². The molecular weight excluding hydrogens is 196 g/mol. The Kier molecular flexibility index (Phi) is 2.60. The Labute approximate surface area is 86.4 Å². The van der Waals surface area contributed by atoms with E-state index in [0.29, 0.717) is 0 Å². The normalized spacial score (nSPS) is 13.0. The van der Waals surface area contributed by atoms with Crippen LogP contribution in [0.5, 0.6) is 0 Å². The predicted octanol–water partition coefficient (Wildman–Crippen LogP) is 1.12. The van der Waals surface area contributed by atoms with Gasteiger partial charge in [0, 0.05) is 36.9 Å². The van der Waals surface area contributed by atoms with Gasteiger partial charge in [-0.2, -0.15) is 0 Å². The van der Waals surface area contributed by atoms with Crippen LogP contribution >= 0.6 is 11.3 Å². The second-order valence-electron chi connectivity index (χ2n) is 3.17. The van der Waals surface area contributed by atoms with Gasteiger partial charge >= 0.3 is 0 Å². The molecule has 2 N–H and O–H groups in total. The number of aryl methyl sites for hydroxylation is 1. The van der Waals surface area contributed by atoms with Gasteiger partial charge in [-0.15, -0.1) is 11.3 Å². The molecule has 0 saturated heterocycles. The standard InChI is InChI=1S/C9H12N4S/c1-13-3-2-12-9(13)8(10)4-7-5-11-6-14-7/h2-3,5-6,8H,4,10H2,1H3. The zero-order valence-electron chi connectivity index (χ0n) is 7.92. The molecule has 4 nitrogen and oxygen atoms in total. The second-order valence-corrected chi connectivity index (χ2v) is 4.15. The lowest BCUT2D eigenvalue weighted by Crippen LogP contribution is -2.17. The maximum Gasteiger partial charge on any atom is 0.125 e. The third-order valence-corrected chi connectivity index (χ3v) is 2.90. The summed E-state index contributed by atoms with van der Waals surface area (Å²) in [5, 5.41) is 0. The summed E-state index contributed by atoms with van der Waals surface area (Å²) < 4.78 is 1.95. The first kappa shape index (κ1) is 9.36. The van der Waals surface area contributed by atoms with Crippen LogP contribution in [0.25, 0.3) is 0 Å². The quantitative estimate of drug-likeness (QED) is 0.822. The Morgan fingerprint density at radius 2 is 2.50 bits per heavy atom. The Morgan fingerprint density at radius 1 is 1.64 bits per heavy atom. The maximum atomic E-state index is 6.03. The predicted molar refractivity (Wildman–Crippen MR) is 56.0 cm³/mol. The Morgan fingerprint density at radius 3 is 3.07 bits per heavy atom. The lowest BCUT2D eigenvalue weighted by Gasteiger charge is -2.09. The smallest absolute Gasteiger partial charge is 0.125 e. The Balaban J connectivity index is 2.10. The minimum atomic E-state index is -0.0459. The lowest BCUT2D eigenvalue weighted by atomic mass is 10.2. The second kappa shape index (κ2) is 3.89. The van der Waals surface area contributed by atoms with Crippen molar-refractivity contribution < 1.29 is 0 Å². The first-order valence-corrected chi connectivity index (χ1v) is 5.25. The van der Waals surface area contributed by atoms with Crippen molar-refractivity contribution in [1.29, 1.82) is 0 Å². The molecule has 0 radical (unpaired) electrons. The highest BCUT2D eigenvalue weighted by Gasteiger charge is 2.11. The van der Waals surface area contributed by atoms with Gasteiger partial charge in [0.05, 0.1) is 11.6 Å². The number of imidazole rings is 1. The summed E-state index contributed by atoms with van der Waals surface area (Å²) in [4.78, 5) is 9.43. The van der Waals surface area contributed by atoms with E-state index in [0.717, 1.165) is 12.2 Å². The molecule has 2 aromatic rings. The first-order valence-electron chi connectivity index (χ1n) is 4.37. The molecule has 14 heavy (non-hydrogen) atoms. The summed E-state index contributed by atoms with van der Waals surface area (Å²) >= 11 is 1.63. The van der Waals surface area contributed by atoms with Crippen LogP contribution in [0.2, 0.25) is 0 Å². The van der Waals surface area contributed by atoms with E-state index in [4.69, 9.17) is 5.73 Å². The number of hydrogen-bond donors (Lipinski definition) is 1. The molecule has 2 rings (SSSR count). The SMILES string of the molecule is Cn1ccnc1C(N)Cc1cncs1. The molecule has 0 amide bonds. The largest absolute Gasteiger partial charge is 0.337 e. The van der Waals surface area contributed by atoms with E-state index in [1.54, 1.807) is 17.5 Å². The van der Waals surface area contributed by atoms with Gasteiger partial charge in [-0.25, -0.2) is 4.98 Å². The fourth-order valence-electron chi connectivity index (χ4n) is 1.39. The molecule has 0 fully saturated rings. The van der Waals surface area contributed by atoms with Crippen LogP contribution in [-0.4, -0.2) is 14.5 Å². The number of nitrogens with zero attached hydrogens (tertiary/aromatic N) is 3. The first-order chi connectivity index (χ1) is 6.77. The Bertz CT molecular complexity index is 393. The number of thiazole rings is 1. The minimum Gasteiger partial charge on any atom is -0.337 e. The molecule has 0 aliphatic carbocycles. The molecule has 0 saturated carbocycles. The number of aromatic nitrogens is 3. The fourth-order valence-corrected chi connectivity index (χ4v) is 2.04. The molecule has 2 heterocycles. The molecule has 0 aliphatic heterocycles. The van der Waals surface area contributed by atoms with Crippen molar-refractivity contribution in [3.63, 3.8) is 0 Å². The third kappa shape index (κ3) is 1.83. The molecule has 0 aromatic carbocycles. The van der Waals surface area contributed by atoms with Crippen LogP contribution in [0.3, 0.4) is 0 Å². The van der Waals surface area contributed by atoms with Gasteiger partial charge in [0.15, 0.2) is 0 Å². The number of hydrogen-bond acceptors (Lipinski definition) is 4. The Hall–Kier alpha value is -1.20. The van der Waals surface area contributed by atoms with E-state index in [-0.39, 0.29) is 6.04 Å². The van der Waals surface area contributed by atoms with Crippen LogP contribution in [0.4, 0.5) is 0 Å². The topological polar surface area (TPSA) is 56.7 Å². The van der Waals surface area contributed by atoms with Gasteiger partial charge in [-0.3, -0.25) is 4.98 Å². The van der Waals surface area contributed by atoms with Crippen molar-refractivity contribution in [1.82, 2.24) is 14.5 Å². The van der Waals surface area contributed by atoms with Crippen molar-refractivity contribution in [3.05, 3.63) is 34.8 Å². The van der Waals surface area contributed by atoms with Crippen molar-refractivity contribution in [3.8, 4) is 0 Å². The molecule has 1 atom stereocenters. The van der Waals surface area contributed by atoms with Crippen LogP contribution in [0.1, 0.15) is 16.7 Å². The molecular formula is C9H12N4S. The molecule has 0 aliphatic rings. The van der Waals surface area contributed by atoms with E-state index >= 15 is 0 Å². The molecule has 74 valence electrons. The summed E-state index contributed by atoms with van der Waals surface area (Å²) in [5.74, 6) is 0.915. The minimum absolute atomic E-state index is 0.0459. The van der Waals surface area contributed by atoms with E-state index in [1.807, 2.05) is 29.5 Å². The number of rotatable bonds is 3. The van der Waals surface area contributed by atoms with E-state index < -0.39 is 0 Å². The van der Waals surface area contributed by atoms with E-state index in [2.05, 4.69) is 9.97 Å². The van der Waals surface area contributed by atoms with Crippen LogP contribution < -0.4 is 5.73 Å². The van der Waals surface area contributed by atoms with Gasteiger partial charge < -0.3 is 10.3 Å². The van der Waals surface area contributed by atoms with Gasteiger partial charge in [0.25, 0.3) is 0 Å². The summed E-state index contributed by atoms with van der Waals surface area (Å²) in [5.41, 5.74) is 7.85.